The average molecular weight is 374 g/mol. The number of hydrogen-bond acceptors (Lipinski definition) is 5. The van der Waals surface area contributed by atoms with Crippen LogP contribution in [0.15, 0.2) is 36.4 Å². The van der Waals surface area contributed by atoms with E-state index < -0.39 is 5.91 Å². The van der Waals surface area contributed by atoms with Gasteiger partial charge in [-0.05, 0) is 31.2 Å². The molecule has 2 aromatic carbocycles. The standard InChI is InChI=1S/C19H16ClNO5/c1-11(22)12-6-7-16(18-15(23)8-9-25-19(12)18)26-10-17(24)21-14-5-3-2-4-13(14)20/h2-7H,8-10H2,1H3,(H,21,24). The van der Waals surface area contributed by atoms with E-state index in [1.54, 1.807) is 24.3 Å². The number of fused-ring (bicyclic) bond motifs is 1. The number of ether oxygens (including phenoxy) is 2. The Hall–Kier alpha value is -2.86. The van der Waals surface area contributed by atoms with Crippen molar-refractivity contribution in [2.75, 3.05) is 18.5 Å². The lowest BCUT2D eigenvalue weighted by Crippen LogP contribution is -2.23. The smallest absolute Gasteiger partial charge is 0.262 e. The zero-order valence-electron chi connectivity index (χ0n) is 14.0. The van der Waals surface area contributed by atoms with E-state index >= 15 is 0 Å². The molecule has 0 radical (unpaired) electrons. The third-order valence-corrected chi connectivity index (χ3v) is 4.19. The molecule has 0 bridgehead atoms. The Morgan fingerprint density at radius 3 is 2.73 bits per heavy atom. The van der Waals surface area contributed by atoms with Crippen molar-refractivity contribution in [2.24, 2.45) is 0 Å². The number of hydrogen-bond donors (Lipinski definition) is 1. The summed E-state index contributed by atoms with van der Waals surface area (Å²) in [5.41, 5.74) is 0.992. The van der Waals surface area contributed by atoms with Crippen molar-refractivity contribution in [1.82, 2.24) is 0 Å². The maximum Gasteiger partial charge on any atom is 0.262 e. The van der Waals surface area contributed by atoms with Crippen molar-refractivity contribution < 1.29 is 23.9 Å². The summed E-state index contributed by atoms with van der Waals surface area (Å²) in [6.45, 7) is 1.29. The summed E-state index contributed by atoms with van der Waals surface area (Å²) in [5.74, 6) is -0.386. The second-order valence-electron chi connectivity index (χ2n) is 5.71. The number of Topliss-reactive ketones (excluding diaryl/α,β-unsaturated/α-hetero) is 2. The average Bonchev–Trinajstić information content (AvgIpc) is 2.61. The van der Waals surface area contributed by atoms with E-state index in [0.29, 0.717) is 16.3 Å². The van der Waals surface area contributed by atoms with E-state index in [9.17, 15) is 14.4 Å². The zero-order valence-corrected chi connectivity index (χ0v) is 14.8. The first-order valence-corrected chi connectivity index (χ1v) is 8.36. The Balaban J connectivity index is 1.78. The molecule has 2 aromatic rings. The second-order valence-corrected chi connectivity index (χ2v) is 6.12. The van der Waals surface area contributed by atoms with Gasteiger partial charge in [0.1, 0.15) is 17.1 Å². The van der Waals surface area contributed by atoms with Crippen LogP contribution in [0.2, 0.25) is 5.02 Å². The van der Waals surface area contributed by atoms with Crippen LogP contribution in [0.3, 0.4) is 0 Å². The van der Waals surface area contributed by atoms with Gasteiger partial charge in [-0.2, -0.15) is 0 Å². The second kappa shape index (κ2) is 7.58. The molecule has 0 aromatic heterocycles. The van der Waals surface area contributed by atoms with Gasteiger partial charge in [0.25, 0.3) is 5.91 Å². The van der Waals surface area contributed by atoms with Gasteiger partial charge < -0.3 is 14.8 Å². The zero-order chi connectivity index (χ0) is 18.7. The number of nitrogens with one attached hydrogen (secondary N) is 1. The lowest BCUT2D eigenvalue weighted by atomic mass is 9.98. The Morgan fingerprint density at radius 2 is 2.00 bits per heavy atom. The molecule has 0 fully saturated rings. The number of rotatable bonds is 5. The molecule has 1 aliphatic rings. The summed E-state index contributed by atoms with van der Waals surface area (Å²) in [5, 5.41) is 3.04. The monoisotopic (exact) mass is 373 g/mol. The van der Waals surface area contributed by atoms with Crippen LogP contribution in [-0.2, 0) is 4.79 Å². The minimum absolute atomic E-state index is 0.184. The first kappa shape index (κ1) is 17.9. The third kappa shape index (κ3) is 3.70. The van der Waals surface area contributed by atoms with E-state index in [0.717, 1.165) is 0 Å². The van der Waals surface area contributed by atoms with Crippen LogP contribution in [0.4, 0.5) is 5.69 Å². The quantitative estimate of drug-likeness (QED) is 0.811. The first-order chi connectivity index (χ1) is 12.5. The van der Waals surface area contributed by atoms with Crippen molar-refractivity contribution in [3.05, 3.63) is 52.5 Å². The summed E-state index contributed by atoms with van der Waals surface area (Å²) in [4.78, 5) is 36.1. The summed E-state index contributed by atoms with van der Waals surface area (Å²) >= 11 is 6.00. The van der Waals surface area contributed by atoms with E-state index in [1.807, 2.05) is 0 Å². The molecule has 0 spiro atoms. The van der Waals surface area contributed by atoms with Gasteiger partial charge in [0.05, 0.1) is 22.9 Å². The van der Waals surface area contributed by atoms with Crippen molar-refractivity contribution in [3.63, 3.8) is 0 Å². The number of ketones is 2. The topological polar surface area (TPSA) is 81.7 Å². The van der Waals surface area contributed by atoms with Gasteiger partial charge in [0.15, 0.2) is 18.2 Å². The molecule has 0 unspecified atom stereocenters. The van der Waals surface area contributed by atoms with Gasteiger partial charge in [0.2, 0.25) is 0 Å². The van der Waals surface area contributed by atoms with Gasteiger partial charge in [0, 0.05) is 6.42 Å². The number of halogens is 1. The molecule has 0 atom stereocenters. The molecular weight excluding hydrogens is 358 g/mol. The van der Waals surface area contributed by atoms with Crippen LogP contribution in [0.5, 0.6) is 11.5 Å². The number of para-hydroxylation sites is 1. The number of anilines is 1. The number of benzene rings is 2. The van der Waals surface area contributed by atoms with Crippen LogP contribution < -0.4 is 14.8 Å². The molecule has 1 amide bonds. The van der Waals surface area contributed by atoms with E-state index in [4.69, 9.17) is 21.1 Å². The van der Waals surface area contributed by atoms with E-state index in [-0.39, 0.29) is 48.3 Å². The summed E-state index contributed by atoms with van der Waals surface area (Å²) in [6.07, 6.45) is 0.191. The Kier molecular flexibility index (Phi) is 5.23. The van der Waals surface area contributed by atoms with Crippen LogP contribution in [0, 0.1) is 0 Å². The lowest BCUT2D eigenvalue weighted by Gasteiger charge is -2.21. The van der Waals surface area contributed by atoms with Crippen molar-refractivity contribution >= 4 is 34.8 Å². The predicted octanol–water partition coefficient (Wildman–Crippen LogP) is 3.53. The molecule has 3 rings (SSSR count). The van der Waals surface area contributed by atoms with Crippen LogP contribution in [-0.4, -0.2) is 30.7 Å². The SMILES string of the molecule is CC(=O)c1ccc(OCC(=O)Nc2ccccc2Cl)c2c1OCCC2=O. The van der Waals surface area contributed by atoms with E-state index in [1.165, 1.54) is 19.1 Å². The minimum atomic E-state index is -0.424. The largest absolute Gasteiger partial charge is 0.491 e. The molecule has 26 heavy (non-hydrogen) atoms. The van der Waals surface area contributed by atoms with Crippen molar-refractivity contribution in [1.29, 1.82) is 0 Å². The van der Waals surface area contributed by atoms with Crippen molar-refractivity contribution in [2.45, 2.75) is 13.3 Å². The highest BCUT2D eigenvalue weighted by Gasteiger charge is 2.27. The summed E-state index contributed by atoms with van der Waals surface area (Å²) < 4.78 is 11.0. The normalized spacial score (nSPS) is 12.8. The number of carbonyl (C=O) groups excluding carboxylic acids is 3. The Bertz CT molecular complexity index is 893. The summed E-state index contributed by atoms with van der Waals surface area (Å²) in [7, 11) is 0. The number of amides is 1. The molecule has 6 nitrogen and oxygen atoms in total. The molecule has 1 aliphatic heterocycles. The Morgan fingerprint density at radius 1 is 1.23 bits per heavy atom. The molecule has 0 saturated heterocycles. The molecule has 7 heteroatoms. The molecule has 0 saturated carbocycles. The van der Waals surface area contributed by atoms with Gasteiger partial charge in [-0.3, -0.25) is 14.4 Å². The van der Waals surface area contributed by atoms with Crippen LogP contribution in [0.25, 0.3) is 0 Å². The Labute approximate surface area is 155 Å². The fourth-order valence-corrected chi connectivity index (χ4v) is 2.82. The van der Waals surface area contributed by atoms with Crippen LogP contribution in [0.1, 0.15) is 34.1 Å². The molecule has 1 N–H and O–H groups in total. The van der Waals surface area contributed by atoms with E-state index in [2.05, 4.69) is 5.32 Å². The molecule has 1 heterocycles. The molecular formula is C19H16ClNO5. The van der Waals surface area contributed by atoms with Gasteiger partial charge in [-0.1, -0.05) is 23.7 Å². The molecule has 134 valence electrons. The third-order valence-electron chi connectivity index (χ3n) is 3.86. The minimum Gasteiger partial charge on any atom is -0.491 e. The van der Waals surface area contributed by atoms with Gasteiger partial charge >= 0.3 is 0 Å². The number of carbonyl (C=O) groups is 3. The predicted molar refractivity (Wildman–Crippen MR) is 96.5 cm³/mol. The lowest BCUT2D eigenvalue weighted by molar-refractivity contribution is -0.118. The highest BCUT2D eigenvalue weighted by Crippen LogP contribution is 2.36. The van der Waals surface area contributed by atoms with Gasteiger partial charge in [-0.15, -0.1) is 0 Å². The van der Waals surface area contributed by atoms with Crippen LogP contribution >= 0.6 is 11.6 Å². The van der Waals surface area contributed by atoms with Gasteiger partial charge in [-0.25, -0.2) is 0 Å². The fourth-order valence-electron chi connectivity index (χ4n) is 2.64. The maximum absolute atomic E-state index is 12.3. The highest BCUT2D eigenvalue weighted by atomic mass is 35.5. The first-order valence-electron chi connectivity index (χ1n) is 7.98. The maximum atomic E-state index is 12.3. The summed E-state index contributed by atoms with van der Waals surface area (Å²) in [6, 6.07) is 9.86. The molecule has 0 aliphatic carbocycles. The fraction of sp³-hybridized carbons (Fsp3) is 0.211. The highest BCUT2D eigenvalue weighted by molar-refractivity contribution is 6.33. The van der Waals surface area contributed by atoms with Crippen molar-refractivity contribution in [3.8, 4) is 11.5 Å².